The molecule has 2 heterocycles. The fourth-order valence-corrected chi connectivity index (χ4v) is 2.94. The van der Waals surface area contributed by atoms with Crippen molar-refractivity contribution in [3.63, 3.8) is 0 Å². The third-order valence-corrected chi connectivity index (χ3v) is 4.12. The van der Waals surface area contributed by atoms with Gasteiger partial charge in [-0.2, -0.15) is 5.10 Å². The Labute approximate surface area is 139 Å². The Bertz CT molecular complexity index is 742. The molecule has 0 fully saturated rings. The second kappa shape index (κ2) is 6.60. The van der Waals surface area contributed by atoms with Crippen LogP contribution in [0.4, 0.5) is 5.69 Å². The van der Waals surface area contributed by atoms with Gasteiger partial charge >= 0.3 is 0 Å². The van der Waals surface area contributed by atoms with E-state index in [2.05, 4.69) is 10.4 Å². The maximum absolute atomic E-state index is 12.6. The Kier molecular flexibility index (Phi) is 4.54. The Hall–Kier alpha value is -2.05. The van der Waals surface area contributed by atoms with E-state index in [-0.39, 0.29) is 5.91 Å². The maximum Gasteiger partial charge on any atom is 0.276 e. The van der Waals surface area contributed by atoms with Gasteiger partial charge < -0.3 is 14.8 Å². The van der Waals surface area contributed by atoms with Gasteiger partial charge in [0.1, 0.15) is 5.75 Å². The third-order valence-electron chi connectivity index (χ3n) is 3.82. The number of anilines is 1. The first-order valence-corrected chi connectivity index (χ1v) is 7.83. The fourth-order valence-electron chi connectivity index (χ4n) is 2.69. The Balaban J connectivity index is 1.86. The first kappa shape index (κ1) is 15.8. The number of benzene rings is 1. The Morgan fingerprint density at radius 1 is 1.52 bits per heavy atom. The molecule has 23 heavy (non-hydrogen) atoms. The minimum atomic E-state index is -0.264. The van der Waals surface area contributed by atoms with Gasteiger partial charge in [0.2, 0.25) is 0 Å². The number of fused-ring (bicyclic) bond motifs is 1. The van der Waals surface area contributed by atoms with Crippen molar-refractivity contribution in [3.8, 4) is 5.75 Å². The lowest BCUT2D eigenvalue weighted by molar-refractivity contribution is 0.0984. The van der Waals surface area contributed by atoms with Crippen molar-refractivity contribution in [2.75, 3.05) is 19.0 Å². The monoisotopic (exact) mass is 335 g/mol. The van der Waals surface area contributed by atoms with Crippen LogP contribution in [-0.2, 0) is 24.3 Å². The molecule has 0 aliphatic carbocycles. The molecule has 0 spiro atoms. The number of methoxy groups -OCH3 is 1. The van der Waals surface area contributed by atoms with Gasteiger partial charge in [-0.25, -0.2) is 0 Å². The van der Waals surface area contributed by atoms with Crippen molar-refractivity contribution in [1.29, 1.82) is 0 Å². The van der Waals surface area contributed by atoms with Crippen LogP contribution in [0.2, 0.25) is 5.02 Å². The van der Waals surface area contributed by atoms with E-state index < -0.39 is 0 Å². The topological polar surface area (TPSA) is 65.4 Å². The number of hydrogen-bond acceptors (Lipinski definition) is 4. The van der Waals surface area contributed by atoms with E-state index in [0.29, 0.717) is 35.4 Å². The number of aromatic nitrogens is 2. The van der Waals surface area contributed by atoms with Gasteiger partial charge in [-0.3, -0.25) is 9.48 Å². The normalized spacial score (nSPS) is 13.5. The summed E-state index contributed by atoms with van der Waals surface area (Å²) >= 11 is 6.08. The molecule has 1 aromatic carbocycles. The van der Waals surface area contributed by atoms with E-state index in [4.69, 9.17) is 21.1 Å². The molecule has 0 atom stereocenters. The van der Waals surface area contributed by atoms with E-state index in [9.17, 15) is 4.79 Å². The van der Waals surface area contributed by atoms with Gasteiger partial charge in [0, 0.05) is 29.9 Å². The summed E-state index contributed by atoms with van der Waals surface area (Å²) < 4.78 is 12.4. The first-order valence-electron chi connectivity index (χ1n) is 7.45. The minimum absolute atomic E-state index is 0.264. The van der Waals surface area contributed by atoms with Crippen molar-refractivity contribution in [1.82, 2.24) is 9.78 Å². The second-order valence-electron chi connectivity index (χ2n) is 5.20. The number of rotatable bonds is 4. The SMILES string of the molecule is CCn1nc(C(=O)Nc2ccc(OC)c(Cl)c2)c2c1CCOC2. The average molecular weight is 336 g/mol. The number of ether oxygens (including phenoxy) is 2. The van der Waals surface area contributed by atoms with Crippen LogP contribution in [0.5, 0.6) is 5.75 Å². The molecule has 2 aromatic rings. The molecule has 0 unspecified atom stereocenters. The molecule has 3 rings (SSSR count). The lowest BCUT2D eigenvalue weighted by atomic mass is 10.1. The number of carbonyl (C=O) groups excluding carboxylic acids is 1. The molecule has 1 aliphatic rings. The molecule has 0 saturated carbocycles. The summed E-state index contributed by atoms with van der Waals surface area (Å²) in [5, 5.41) is 7.70. The van der Waals surface area contributed by atoms with E-state index in [1.165, 1.54) is 0 Å². The molecule has 1 aliphatic heterocycles. The largest absolute Gasteiger partial charge is 0.495 e. The number of aryl methyl sites for hydroxylation is 1. The number of halogens is 1. The van der Waals surface area contributed by atoms with Crippen molar-refractivity contribution < 1.29 is 14.3 Å². The van der Waals surface area contributed by atoms with Crippen molar-refractivity contribution in [2.24, 2.45) is 0 Å². The van der Waals surface area contributed by atoms with Gasteiger partial charge in [0.15, 0.2) is 5.69 Å². The van der Waals surface area contributed by atoms with Crippen molar-refractivity contribution in [3.05, 3.63) is 40.2 Å². The van der Waals surface area contributed by atoms with Gasteiger partial charge in [-0.1, -0.05) is 11.6 Å². The molecule has 1 amide bonds. The zero-order chi connectivity index (χ0) is 16.4. The number of nitrogens with one attached hydrogen (secondary N) is 1. The summed E-state index contributed by atoms with van der Waals surface area (Å²) in [7, 11) is 1.54. The first-order chi connectivity index (χ1) is 11.1. The van der Waals surface area contributed by atoms with Crippen LogP contribution in [-0.4, -0.2) is 29.4 Å². The van der Waals surface area contributed by atoms with Crippen LogP contribution >= 0.6 is 11.6 Å². The van der Waals surface area contributed by atoms with Gasteiger partial charge in [0.25, 0.3) is 5.91 Å². The molecule has 122 valence electrons. The maximum atomic E-state index is 12.6. The highest BCUT2D eigenvalue weighted by molar-refractivity contribution is 6.32. The molecule has 1 N–H and O–H groups in total. The number of carbonyl (C=O) groups is 1. The quantitative estimate of drug-likeness (QED) is 0.933. The van der Waals surface area contributed by atoms with Crippen LogP contribution in [0.1, 0.15) is 28.7 Å². The predicted molar refractivity (Wildman–Crippen MR) is 87.2 cm³/mol. The van der Waals surface area contributed by atoms with E-state index in [1.54, 1.807) is 25.3 Å². The molecular weight excluding hydrogens is 318 g/mol. The Morgan fingerprint density at radius 2 is 2.35 bits per heavy atom. The molecule has 6 nitrogen and oxygen atoms in total. The summed E-state index contributed by atoms with van der Waals surface area (Å²) in [5.74, 6) is 0.297. The number of amides is 1. The highest BCUT2D eigenvalue weighted by Gasteiger charge is 2.25. The summed E-state index contributed by atoms with van der Waals surface area (Å²) in [6, 6.07) is 5.10. The van der Waals surface area contributed by atoms with Gasteiger partial charge in [-0.05, 0) is 25.1 Å². The predicted octanol–water partition coefficient (Wildman–Crippen LogP) is 2.89. The van der Waals surface area contributed by atoms with Crippen LogP contribution in [0.3, 0.4) is 0 Å². The van der Waals surface area contributed by atoms with Crippen LogP contribution in [0.15, 0.2) is 18.2 Å². The zero-order valence-electron chi connectivity index (χ0n) is 13.1. The highest BCUT2D eigenvalue weighted by atomic mass is 35.5. The van der Waals surface area contributed by atoms with E-state index in [0.717, 1.165) is 24.2 Å². The Morgan fingerprint density at radius 3 is 3.04 bits per heavy atom. The molecule has 1 aromatic heterocycles. The third kappa shape index (κ3) is 3.04. The van der Waals surface area contributed by atoms with Crippen LogP contribution < -0.4 is 10.1 Å². The van der Waals surface area contributed by atoms with Crippen LogP contribution in [0.25, 0.3) is 0 Å². The van der Waals surface area contributed by atoms with Crippen molar-refractivity contribution >= 4 is 23.2 Å². The molecule has 0 bridgehead atoms. The fraction of sp³-hybridized carbons (Fsp3) is 0.375. The summed E-state index contributed by atoms with van der Waals surface area (Å²) in [4.78, 5) is 12.6. The second-order valence-corrected chi connectivity index (χ2v) is 5.60. The number of hydrogen-bond donors (Lipinski definition) is 1. The average Bonchev–Trinajstić information content (AvgIpc) is 2.94. The van der Waals surface area contributed by atoms with E-state index in [1.807, 2.05) is 11.6 Å². The standard InChI is InChI=1S/C16H18ClN3O3/c1-3-20-13-6-7-23-9-11(13)15(19-20)16(21)18-10-4-5-14(22-2)12(17)8-10/h4-5,8H,3,6-7,9H2,1-2H3,(H,18,21). The number of nitrogens with zero attached hydrogens (tertiary/aromatic N) is 2. The summed E-state index contributed by atoms with van der Waals surface area (Å²) in [5.41, 5.74) is 2.96. The molecule has 0 radical (unpaired) electrons. The van der Waals surface area contributed by atoms with Crippen molar-refractivity contribution in [2.45, 2.75) is 26.5 Å². The highest BCUT2D eigenvalue weighted by Crippen LogP contribution is 2.28. The molecule has 0 saturated heterocycles. The van der Waals surface area contributed by atoms with Crippen LogP contribution in [0, 0.1) is 0 Å². The van der Waals surface area contributed by atoms with E-state index >= 15 is 0 Å². The molecular formula is C16H18ClN3O3. The smallest absolute Gasteiger partial charge is 0.276 e. The molecule has 7 heteroatoms. The summed E-state index contributed by atoms with van der Waals surface area (Å²) in [6.07, 6.45) is 0.776. The minimum Gasteiger partial charge on any atom is -0.495 e. The lowest BCUT2D eigenvalue weighted by Crippen LogP contribution is -2.17. The zero-order valence-corrected chi connectivity index (χ0v) is 13.8. The van der Waals surface area contributed by atoms with Gasteiger partial charge in [0.05, 0.1) is 25.3 Å². The summed E-state index contributed by atoms with van der Waals surface area (Å²) in [6.45, 7) is 3.81. The van der Waals surface area contributed by atoms with Gasteiger partial charge in [-0.15, -0.1) is 0 Å². The lowest BCUT2D eigenvalue weighted by Gasteiger charge is -2.14.